The van der Waals surface area contributed by atoms with Crippen molar-refractivity contribution in [3.8, 4) is 17.2 Å². The first kappa shape index (κ1) is 18.0. The predicted molar refractivity (Wildman–Crippen MR) is 107 cm³/mol. The molecular formula is C22H28N2O3. The summed E-state index contributed by atoms with van der Waals surface area (Å²) in [6.07, 6.45) is 2.49. The molecule has 0 aromatic heterocycles. The number of hydrogen-bond donors (Lipinski definition) is 1. The molecule has 2 heterocycles. The summed E-state index contributed by atoms with van der Waals surface area (Å²) in [5.74, 6) is 3.33. The van der Waals surface area contributed by atoms with Crippen LogP contribution in [-0.4, -0.2) is 46.0 Å². The molecule has 1 fully saturated rings. The van der Waals surface area contributed by atoms with Crippen LogP contribution in [0.4, 0.5) is 5.69 Å². The van der Waals surface area contributed by atoms with Crippen LogP contribution in [0.5, 0.6) is 17.2 Å². The van der Waals surface area contributed by atoms with Crippen molar-refractivity contribution < 1.29 is 14.2 Å². The van der Waals surface area contributed by atoms with Crippen LogP contribution < -0.4 is 24.4 Å². The summed E-state index contributed by atoms with van der Waals surface area (Å²) >= 11 is 0. The maximum Gasteiger partial charge on any atom is 0.161 e. The van der Waals surface area contributed by atoms with Gasteiger partial charge in [0, 0.05) is 31.4 Å². The Balaban J connectivity index is 1.19. The lowest BCUT2D eigenvalue weighted by molar-refractivity contribution is 0.0894. The van der Waals surface area contributed by atoms with Crippen LogP contribution in [0, 0.1) is 5.92 Å². The lowest BCUT2D eigenvalue weighted by atomic mass is 9.96. The van der Waals surface area contributed by atoms with Gasteiger partial charge >= 0.3 is 0 Å². The summed E-state index contributed by atoms with van der Waals surface area (Å²) in [4.78, 5) is 2.45. The van der Waals surface area contributed by atoms with E-state index < -0.39 is 0 Å². The van der Waals surface area contributed by atoms with Crippen molar-refractivity contribution in [3.63, 3.8) is 0 Å². The molecule has 144 valence electrons. The van der Waals surface area contributed by atoms with E-state index in [4.69, 9.17) is 14.2 Å². The summed E-state index contributed by atoms with van der Waals surface area (Å²) in [7, 11) is 1.72. The number of anilines is 1. The summed E-state index contributed by atoms with van der Waals surface area (Å²) in [6.45, 7) is 4.65. The number of piperidine rings is 1. The molecule has 0 unspecified atom stereocenters. The van der Waals surface area contributed by atoms with Crippen LogP contribution in [0.15, 0.2) is 48.5 Å². The standard InChI is InChI=1S/C22H28N2O3/c1-25-19-6-4-5-18(13-19)24-11-9-17(10-12-24)14-23-15-20-16-26-21-7-2-3-8-22(21)27-20/h2-8,13,17,20,23H,9-12,14-16H2,1H3/t20-/m0/s1. The third-order valence-electron chi connectivity index (χ3n) is 5.41. The number of fused-ring (bicyclic) bond motifs is 1. The van der Waals surface area contributed by atoms with Crippen molar-refractivity contribution >= 4 is 5.69 Å². The van der Waals surface area contributed by atoms with Crippen molar-refractivity contribution in [1.29, 1.82) is 0 Å². The molecule has 2 aliphatic rings. The monoisotopic (exact) mass is 368 g/mol. The SMILES string of the molecule is COc1cccc(N2CCC(CNC[C@H]3COc4ccccc4O3)CC2)c1. The molecule has 5 nitrogen and oxygen atoms in total. The Hall–Kier alpha value is -2.40. The average molecular weight is 368 g/mol. The van der Waals surface area contributed by atoms with Crippen molar-refractivity contribution in [2.75, 3.05) is 44.8 Å². The van der Waals surface area contributed by atoms with Gasteiger partial charge < -0.3 is 24.4 Å². The molecule has 5 heteroatoms. The third-order valence-corrected chi connectivity index (χ3v) is 5.41. The van der Waals surface area contributed by atoms with E-state index in [9.17, 15) is 0 Å². The van der Waals surface area contributed by atoms with Gasteiger partial charge in [-0.05, 0) is 49.6 Å². The highest BCUT2D eigenvalue weighted by Crippen LogP contribution is 2.31. The fourth-order valence-electron chi connectivity index (χ4n) is 3.81. The zero-order valence-electron chi connectivity index (χ0n) is 15.9. The molecule has 4 rings (SSSR count). The number of ether oxygens (including phenoxy) is 3. The quantitative estimate of drug-likeness (QED) is 0.847. The molecule has 2 aromatic rings. The number of nitrogens with zero attached hydrogens (tertiary/aromatic N) is 1. The topological polar surface area (TPSA) is 43.0 Å². The van der Waals surface area contributed by atoms with Gasteiger partial charge in [-0.15, -0.1) is 0 Å². The minimum absolute atomic E-state index is 0.0803. The fraction of sp³-hybridized carbons (Fsp3) is 0.455. The molecular weight excluding hydrogens is 340 g/mol. The first-order valence-electron chi connectivity index (χ1n) is 9.80. The Kier molecular flexibility index (Phi) is 5.68. The molecule has 2 aliphatic heterocycles. The molecule has 0 aliphatic carbocycles. The van der Waals surface area contributed by atoms with E-state index in [1.54, 1.807) is 7.11 Å². The maximum atomic E-state index is 6.01. The van der Waals surface area contributed by atoms with Gasteiger partial charge in [-0.2, -0.15) is 0 Å². The largest absolute Gasteiger partial charge is 0.497 e. The molecule has 1 saturated heterocycles. The number of hydrogen-bond acceptors (Lipinski definition) is 5. The summed E-state index contributed by atoms with van der Waals surface area (Å²) in [6, 6.07) is 16.2. The number of rotatable bonds is 6. The minimum Gasteiger partial charge on any atom is -0.497 e. The van der Waals surface area contributed by atoms with Gasteiger partial charge in [0.1, 0.15) is 18.5 Å². The Labute approximate surface area is 161 Å². The second-order valence-electron chi connectivity index (χ2n) is 7.29. The molecule has 1 atom stereocenters. The molecule has 0 amide bonds. The van der Waals surface area contributed by atoms with E-state index in [2.05, 4.69) is 28.4 Å². The minimum atomic E-state index is 0.0803. The summed E-state index contributed by atoms with van der Waals surface area (Å²) in [5.41, 5.74) is 1.26. The van der Waals surface area contributed by atoms with E-state index in [0.29, 0.717) is 12.5 Å². The number of methoxy groups -OCH3 is 1. The lowest BCUT2D eigenvalue weighted by Crippen LogP contribution is -2.42. The Morgan fingerprint density at radius 1 is 1.04 bits per heavy atom. The van der Waals surface area contributed by atoms with Crippen molar-refractivity contribution in [1.82, 2.24) is 5.32 Å². The van der Waals surface area contributed by atoms with Gasteiger partial charge in [-0.1, -0.05) is 18.2 Å². The molecule has 1 N–H and O–H groups in total. The lowest BCUT2D eigenvalue weighted by Gasteiger charge is -2.34. The second kappa shape index (κ2) is 8.53. The van der Waals surface area contributed by atoms with Gasteiger partial charge in [0.25, 0.3) is 0 Å². The highest BCUT2D eigenvalue weighted by Gasteiger charge is 2.22. The summed E-state index contributed by atoms with van der Waals surface area (Å²) in [5, 5.41) is 3.58. The van der Waals surface area contributed by atoms with Crippen LogP contribution >= 0.6 is 0 Å². The van der Waals surface area contributed by atoms with Gasteiger partial charge in [-0.25, -0.2) is 0 Å². The normalized spacial score (nSPS) is 19.7. The first-order valence-corrected chi connectivity index (χ1v) is 9.80. The zero-order valence-corrected chi connectivity index (χ0v) is 15.9. The van der Waals surface area contributed by atoms with Crippen molar-refractivity contribution in [2.24, 2.45) is 5.92 Å². The molecule has 0 saturated carbocycles. The molecule has 0 radical (unpaired) electrons. The Morgan fingerprint density at radius 2 is 1.85 bits per heavy atom. The number of benzene rings is 2. The first-order chi connectivity index (χ1) is 13.3. The maximum absolute atomic E-state index is 6.01. The average Bonchev–Trinajstić information content (AvgIpc) is 2.74. The van der Waals surface area contributed by atoms with Gasteiger partial charge in [0.05, 0.1) is 7.11 Å². The smallest absolute Gasteiger partial charge is 0.161 e. The molecule has 0 spiro atoms. The van der Waals surface area contributed by atoms with Crippen LogP contribution in [0.1, 0.15) is 12.8 Å². The zero-order chi connectivity index (χ0) is 18.5. The highest BCUT2D eigenvalue weighted by atomic mass is 16.6. The van der Waals surface area contributed by atoms with E-state index >= 15 is 0 Å². The molecule has 27 heavy (non-hydrogen) atoms. The van der Waals surface area contributed by atoms with E-state index in [1.807, 2.05) is 30.3 Å². The Morgan fingerprint density at radius 3 is 2.67 bits per heavy atom. The number of para-hydroxylation sites is 2. The molecule has 2 aromatic carbocycles. The molecule has 0 bridgehead atoms. The van der Waals surface area contributed by atoms with Crippen LogP contribution in [0.3, 0.4) is 0 Å². The second-order valence-corrected chi connectivity index (χ2v) is 7.29. The Bertz CT molecular complexity index is 744. The van der Waals surface area contributed by atoms with Crippen molar-refractivity contribution in [3.05, 3.63) is 48.5 Å². The van der Waals surface area contributed by atoms with Crippen molar-refractivity contribution in [2.45, 2.75) is 18.9 Å². The van der Waals surface area contributed by atoms with Crippen LogP contribution in [0.25, 0.3) is 0 Å². The van der Waals surface area contributed by atoms with Gasteiger partial charge in [-0.3, -0.25) is 0 Å². The summed E-state index contributed by atoms with van der Waals surface area (Å²) < 4.78 is 17.1. The van der Waals surface area contributed by atoms with Gasteiger partial charge in [0.15, 0.2) is 11.5 Å². The predicted octanol–water partition coefficient (Wildman–Crippen LogP) is 3.34. The fourth-order valence-corrected chi connectivity index (χ4v) is 3.81. The van der Waals surface area contributed by atoms with Crippen LogP contribution in [0.2, 0.25) is 0 Å². The third kappa shape index (κ3) is 4.48. The highest BCUT2D eigenvalue weighted by molar-refractivity contribution is 5.51. The van der Waals surface area contributed by atoms with E-state index in [-0.39, 0.29) is 6.10 Å². The van der Waals surface area contributed by atoms with E-state index in [0.717, 1.165) is 43.4 Å². The van der Waals surface area contributed by atoms with Crippen LogP contribution in [-0.2, 0) is 0 Å². The van der Waals surface area contributed by atoms with E-state index in [1.165, 1.54) is 18.5 Å². The van der Waals surface area contributed by atoms with Gasteiger partial charge in [0.2, 0.25) is 0 Å². The number of nitrogens with one attached hydrogen (secondary N) is 1.